The number of rotatable bonds is 7. The van der Waals surface area contributed by atoms with Gasteiger partial charge in [0.1, 0.15) is 5.82 Å². The first kappa shape index (κ1) is 23.3. The number of amides is 2. The Kier molecular flexibility index (Phi) is 7.72. The molecule has 0 aliphatic carbocycles. The van der Waals surface area contributed by atoms with Crippen LogP contribution in [0.15, 0.2) is 23.4 Å². The van der Waals surface area contributed by atoms with Gasteiger partial charge >= 0.3 is 0 Å². The van der Waals surface area contributed by atoms with E-state index in [9.17, 15) is 9.59 Å². The highest BCUT2D eigenvalue weighted by atomic mass is 32.2. The number of hydrogen-bond acceptors (Lipinski definition) is 6. The largest absolute Gasteiger partial charge is 0.339 e. The highest BCUT2D eigenvalue weighted by Crippen LogP contribution is 2.21. The van der Waals surface area contributed by atoms with Crippen molar-refractivity contribution >= 4 is 29.3 Å². The van der Waals surface area contributed by atoms with Gasteiger partial charge in [0.05, 0.1) is 12.3 Å². The van der Waals surface area contributed by atoms with Crippen LogP contribution in [0.25, 0.3) is 0 Å². The van der Waals surface area contributed by atoms with Crippen molar-refractivity contribution in [3.05, 3.63) is 35.2 Å². The third-order valence-corrected chi connectivity index (χ3v) is 6.55. The van der Waals surface area contributed by atoms with Crippen LogP contribution in [-0.4, -0.2) is 74.9 Å². The van der Waals surface area contributed by atoms with E-state index in [1.54, 1.807) is 0 Å². The molecule has 31 heavy (non-hydrogen) atoms. The van der Waals surface area contributed by atoms with Gasteiger partial charge in [-0.25, -0.2) is 0 Å². The molecule has 0 atom stereocenters. The molecule has 1 aliphatic rings. The van der Waals surface area contributed by atoms with Crippen molar-refractivity contribution in [3.63, 3.8) is 0 Å². The molecule has 3 rings (SSSR count). The molecule has 1 saturated heterocycles. The minimum atomic E-state index is -0.0176. The Labute approximate surface area is 188 Å². The highest BCUT2D eigenvalue weighted by Gasteiger charge is 2.23. The summed E-state index contributed by atoms with van der Waals surface area (Å²) >= 11 is 1.42. The second-order valence-corrected chi connectivity index (χ2v) is 9.26. The molecule has 2 amide bonds. The zero-order valence-corrected chi connectivity index (χ0v) is 19.8. The van der Waals surface area contributed by atoms with Gasteiger partial charge < -0.3 is 14.8 Å². The number of carbonyl (C=O) groups is 2. The van der Waals surface area contributed by atoms with Crippen LogP contribution >= 0.6 is 11.8 Å². The van der Waals surface area contributed by atoms with Gasteiger partial charge in [0.15, 0.2) is 5.16 Å². The van der Waals surface area contributed by atoms with Crippen LogP contribution in [0.4, 0.5) is 5.69 Å². The zero-order chi connectivity index (χ0) is 22.5. The third kappa shape index (κ3) is 5.86. The molecule has 2 aromatic rings. The van der Waals surface area contributed by atoms with E-state index >= 15 is 0 Å². The lowest BCUT2D eigenvalue weighted by atomic mass is 10.1. The Morgan fingerprint density at radius 1 is 1.10 bits per heavy atom. The summed E-state index contributed by atoms with van der Waals surface area (Å²) in [4.78, 5) is 29.1. The summed E-state index contributed by atoms with van der Waals surface area (Å²) in [6.07, 6.45) is 0. The van der Waals surface area contributed by atoms with E-state index in [0.29, 0.717) is 44.4 Å². The summed E-state index contributed by atoms with van der Waals surface area (Å²) in [6, 6.07) is 5.98. The van der Waals surface area contributed by atoms with Crippen molar-refractivity contribution in [2.24, 2.45) is 7.05 Å². The summed E-state index contributed by atoms with van der Waals surface area (Å²) < 4.78 is 1.95. The molecule has 0 spiro atoms. The van der Waals surface area contributed by atoms with Crippen molar-refractivity contribution < 1.29 is 9.59 Å². The molecule has 0 bridgehead atoms. The van der Waals surface area contributed by atoms with Crippen molar-refractivity contribution in [1.29, 1.82) is 0 Å². The molecule has 168 valence electrons. The van der Waals surface area contributed by atoms with Crippen LogP contribution < -0.4 is 5.32 Å². The Balaban J connectivity index is 1.44. The molecule has 1 N–H and O–H groups in total. The third-order valence-electron chi connectivity index (χ3n) is 5.55. The Hall–Kier alpha value is -2.39. The fourth-order valence-electron chi connectivity index (χ4n) is 3.72. The lowest BCUT2D eigenvalue weighted by Crippen LogP contribution is -2.51. The van der Waals surface area contributed by atoms with Gasteiger partial charge in [0, 0.05) is 44.8 Å². The predicted octanol–water partition coefficient (Wildman–Crippen LogP) is 2.43. The van der Waals surface area contributed by atoms with E-state index in [2.05, 4.69) is 34.3 Å². The number of thioether (sulfide) groups is 1. The average Bonchev–Trinajstić information content (AvgIpc) is 3.10. The van der Waals surface area contributed by atoms with Gasteiger partial charge in [0.25, 0.3) is 0 Å². The van der Waals surface area contributed by atoms with E-state index in [-0.39, 0.29) is 11.8 Å². The lowest BCUT2D eigenvalue weighted by Gasteiger charge is -2.34. The van der Waals surface area contributed by atoms with Gasteiger partial charge in [-0.1, -0.05) is 43.8 Å². The van der Waals surface area contributed by atoms with Crippen LogP contribution in [-0.2, 0) is 16.6 Å². The summed E-state index contributed by atoms with van der Waals surface area (Å²) in [6.45, 7) is 11.1. The van der Waals surface area contributed by atoms with Gasteiger partial charge in [-0.05, 0) is 25.0 Å². The minimum Gasteiger partial charge on any atom is -0.339 e. The first-order valence-corrected chi connectivity index (χ1v) is 11.6. The summed E-state index contributed by atoms with van der Waals surface area (Å²) in [7, 11) is 1.93. The van der Waals surface area contributed by atoms with Gasteiger partial charge in [-0.15, -0.1) is 10.2 Å². The topological polar surface area (TPSA) is 83.4 Å². The molecule has 0 saturated carbocycles. The molecule has 1 aromatic heterocycles. The number of aryl methyl sites for hydroxylation is 2. The van der Waals surface area contributed by atoms with E-state index in [4.69, 9.17) is 0 Å². The second kappa shape index (κ2) is 10.3. The van der Waals surface area contributed by atoms with Crippen molar-refractivity contribution in [2.45, 2.75) is 38.8 Å². The van der Waals surface area contributed by atoms with Crippen molar-refractivity contribution in [2.75, 3.05) is 43.8 Å². The number of aromatic nitrogens is 3. The number of nitrogens with zero attached hydrogens (tertiary/aromatic N) is 5. The zero-order valence-electron chi connectivity index (χ0n) is 19.0. The number of carbonyl (C=O) groups excluding carboxylic acids is 2. The number of benzene rings is 1. The van der Waals surface area contributed by atoms with Crippen LogP contribution in [0, 0.1) is 13.8 Å². The van der Waals surface area contributed by atoms with Gasteiger partial charge in [0.2, 0.25) is 11.8 Å². The predicted molar refractivity (Wildman–Crippen MR) is 123 cm³/mol. The van der Waals surface area contributed by atoms with E-state index in [1.807, 2.05) is 48.6 Å². The lowest BCUT2D eigenvalue weighted by molar-refractivity contribution is -0.130. The minimum absolute atomic E-state index is 0.0176. The smallest absolute Gasteiger partial charge is 0.238 e. The molecule has 0 unspecified atom stereocenters. The maximum atomic E-state index is 12.6. The van der Waals surface area contributed by atoms with Gasteiger partial charge in [-0.3, -0.25) is 14.5 Å². The molecule has 1 aliphatic heterocycles. The van der Waals surface area contributed by atoms with Crippen LogP contribution in [0.3, 0.4) is 0 Å². The second-order valence-electron chi connectivity index (χ2n) is 8.32. The van der Waals surface area contributed by atoms with E-state index in [1.165, 1.54) is 11.8 Å². The number of anilines is 1. The molecule has 0 radical (unpaired) electrons. The Bertz CT molecular complexity index is 914. The number of piperazine rings is 1. The molecule has 1 aromatic carbocycles. The standard InChI is InChI=1S/C22H32N6O2S/c1-15(2)21-24-25-22(26(21)5)31-14-19(30)28-11-9-27(10-12-28)13-18(29)23-20-16(3)7-6-8-17(20)4/h6-8,15H,9-14H2,1-5H3,(H,23,29). The van der Waals surface area contributed by atoms with Crippen molar-refractivity contribution in [3.8, 4) is 0 Å². The van der Waals surface area contributed by atoms with Crippen LogP contribution in [0.2, 0.25) is 0 Å². The maximum absolute atomic E-state index is 12.6. The van der Waals surface area contributed by atoms with Crippen LogP contribution in [0.1, 0.15) is 36.7 Å². The summed E-state index contributed by atoms with van der Waals surface area (Å²) in [5, 5.41) is 12.2. The molecule has 2 heterocycles. The Morgan fingerprint density at radius 2 is 1.74 bits per heavy atom. The molecule has 1 fully saturated rings. The van der Waals surface area contributed by atoms with E-state index < -0.39 is 0 Å². The molecular weight excluding hydrogens is 412 g/mol. The fourth-order valence-corrected chi connectivity index (χ4v) is 4.54. The van der Waals surface area contributed by atoms with Crippen LogP contribution in [0.5, 0.6) is 0 Å². The number of para-hydroxylation sites is 1. The monoisotopic (exact) mass is 444 g/mol. The molecule has 9 heteroatoms. The maximum Gasteiger partial charge on any atom is 0.238 e. The van der Waals surface area contributed by atoms with Crippen molar-refractivity contribution in [1.82, 2.24) is 24.6 Å². The fraction of sp³-hybridized carbons (Fsp3) is 0.545. The SMILES string of the molecule is Cc1cccc(C)c1NC(=O)CN1CCN(C(=O)CSc2nnc(C(C)C)n2C)CC1. The summed E-state index contributed by atoms with van der Waals surface area (Å²) in [5.74, 6) is 1.64. The summed E-state index contributed by atoms with van der Waals surface area (Å²) in [5.41, 5.74) is 3.01. The normalized spacial score (nSPS) is 14.8. The highest BCUT2D eigenvalue weighted by molar-refractivity contribution is 7.99. The first-order chi connectivity index (χ1) is 14.8. The number of nitrogens with one attached hydrogen (secondary N) is 1. The van der Waals surface area contributed by atoms with E-state index in [0.717, 1.165) is 27.8 Å². The number of hydrogen-bond donors (Lipinski definition) is 1. The van der Waals surface area contributed by atoms with Gasteiger partial charge in [-0.2, -0.15) is 0 Å². The average molecular weight is 445 g/mol. The first-order valence-electron chi connectivity index (χ1n) is 10.6. The molecule has 8 nitrogen and oxygen atoms in total. The molecular formula is C22H32N6O2S. The Morgan fingerprint density at radius 3 is 2.32 bits per heavy atom. The quantitative estimate of drug-likeness (QED) is 0.661.